The molecule has 0 atom stereocenters. The van der Waals surface area contributed by atoms with E-state index in [2.05, 4.69) is 192 Å². The smallest absolute Gasteiger partial charge is 0.134 e. The van der Waals surface area contributed by atoms with Crippen LogP contribution in [-0.4, -0.2) is 8.07 Å². The van der Waals surface area contributed by atoms with E-state index in [0.29, 0.717) is 0 Å². The fourth-order valence-electron chi connectivity index (χ4n) is 8.21. The SMILES string of the molecule is [CH2-]c1cc2oc3cc(-c4cccc(Cc5ccccc5)c4)ccc3c2cc1-c1cc(CC(C)(C)C)c(C)c[n+]1[CH2-].[CH2-]c1ccc(F)cc1-c1cc(C)c([Si](C)(C)C)c[n+]1[CH2-].[Ir]. The van der Waals surface area contributed by atoms with Gasteiger partial charge in [0.05, 0.1) is 43.3 Å². The maximum Gasteiger partial charge on any atom is 0.134 e. The van der Waals surface area contributed by atoms with Gasteiger partial charge in [-0.25, -0.2) is 4.39 Å². The number of pyridine rings is 2. The number of fused-ring (bicyclic) bond motifs is 3. The van der Waals surface area contributed by atoms with Crippen LogP contribution in [0.25, 0.3) is 55.6 Å². The third kappa shape index (κ3) is 10.2. The summed E-state index contributed by atoms with van der Waals surface area (Å²) in [4.78, 5) is 0. The molecular weight excluding hydrogens is 944 g/mol. The van der Waals surface area contributed by atoms with Gasteiger partial charge in [-0.3, -0.25) is 0 Å². The van der Waals surface area contributed by atoms with Gasteiger partial charge in [0.1, 0.15) is 5.58 Å². The Kier molecular flexibility index (Phi) is 13.2. The second-order valence-corrected chi connectivity index (χ2v) is 23.6. The number of benzene rings is 5. The van der Waals surface area contributed by atoms with Crippen molar-refractivity contribution in [1.82, 2.24) is 0 Å². The second-order valence-electron chi connectivity index (χ2n) is 18.5. The number of aryl methyl sites for hydroxylation is 2. The normalized spacial score (nSPS) is 11.6. The van der Waals surface area contributed by atoms with Gasteiger partial charge < -0.3 is 13.6 Å². The topological polar surface area (TPSA) is 20.9 Å². The van der Waals surface area contributed by atoms with Crippen LogP contribution in [0, 0.1) is 53.0 Å². The van der Waals surface area contributed by atoms with E-state index in [9.17, 15) is 4.39 Å². The third-order valence-corrected chi connectivity index (χ3v) is 13.3. The number of furan rings is 1. The molecule has 1 radical (unpaired) electrons. The summed E-state index contributed by atoms with van der Waals surface area (Å²) in [6.45, 7) is 26.4. The number of hydrogen-bond donors (Lipinski definition) is 0. The Morgan fingerprint density at radius 2 is 1.26 bits per heavy atom. The van der Waals surface area contributed by atoms with Gasteiger partial charge in [-0.2, -0.15) is 31.0 Å². The largest absolute Gasteiger partial charge is 0.469 e. The van der Waals surface area contributed by atoms with E-state index in [1.807, 2.05) is 9.13 Å². The van der Waals surface area contributed by atoms with Crippen molar-refractivity contribution in [2.45, 2.75) is 67.1 Å². The Balaban J connectivity index is 0.000000250. The minimum atomic E-state index is -1.41. The molecule has 315 valence electrons. The maximum absolute atomic E-state index is 13.5. The van der Waals surface area contributed by atoms with Gasteiger partial charge in [0.25, 0.3) is 0 Å². The minimum Gasteiger partial charge on any atom is -0.469 e. The van der Waals surface area contributed by atoms with Crippen LogP contribution in [-0.2, 0) is 32.9 Å². The van der Waals surface area contributed by atoms with E-state index in [1.54, 1.807) is 6.07 Å². The van der Waals surface area contributed by atoms with Gasteiger partial charge in [0.2, 0.25) is 0 Å². The molecule has 0 bridgehead atoms. The van der Waals surface area contributed by atoms with Crippen LogP contribution < -0.4 is 14.3 Å². The summed E-state index contributed by atoms with van der Waals surface area (Å²) in [5.41, 5.74) is 16.3. The van der Waals surface area contributed by atoms with Gasteiger partial charge in [0.15, 0.2) is 0 Å². The fraction of sp³-hybridized carbons (Fsp3) is 0.200. The predicted molar refractivity (Wildman–Crippen MR) is 252 cm³/mol. The van der Waals surface area contributed by atoms with Crippen molar-refractivity contribution in [3.63, 3.8) is 0 Å². The first kappa shape index (κ1) is 45.0. The Bertz CT molecular complexity index is 2860. The third-order valence-electron chi connectivity index (χ3n) is 11.2. The van der Waals surface area contributed by atoms with Gasteiger partial charge >= 0.3 is 0 Å². The molecule has 61 heavy (non-hydrogen) atoms. The van der Waals surface area contributed by atoms with Gasteiger partial charge in [-0.05, 0) is 72.1 Å². The molecule has 0 saturated heterocycles. The average molecular weight is 1000 g/mol. The molecule has 3 aromatic heterocycles. The monoisotopic (exact) mass is 1000 g/mol. The van der Waals surface area contributed by atoms with E-state index in [-0.39, 0.29) is 31.3 Å². The van der Waals surface area contributed by atoms with Crippen LogP contribution in [0.5, 0.6) is 0 Å². The first-order valence-corrected chi connectivity index (χ1v) is 24.2. The van der Waals surface area contributed by atoms with E-state index >= 15 is 0 Å². The van der Waals surface area contributed by atoms with E-state index < -0.39 is 8.07 Å². The summed E-state index contributed by atoms with van der Waals surface area (Å²) in [5, 5.41) is 3.58. The fourth-order valence-corrected chi connectivity index (χ4v) is 10.0. The Hall–Kier alpha value is -5.52. The summed E-state index contributed by atoms with van der Waals surface area (Å²) < 4.78 is 23.7. The van der Waals surface area contributed by atoms with Crippen molar-refractivity contribution in [2.75, 3.05) is 0 Å². The minimum absolute atomic E-state index is 0. The molecule has 0 aliphatic heterocycles. The zero-order valence-corrected chi connectivity index (χ0v) is 40.3. The van der Waals surface area contributed by atoms with Crippen molar-refractivity contribution < 1.29 is 38.0 Å². The summed E-state index contributed by atoms with van der Waals surface area (Å²) >= 11 is 0. The first-order valence-electron chi connectivity index (χ1n) is 20.7. The Morgan fingerprint density at radius 1 is 0.623 bits per heavy atom. The molecule has 0 fully saturated rings. The van der Waals surface area contributed by atoms with Crippen molar-refractivity contribution in [3.8, 4) is 33.6 Å². The molecule has 0 aliphatic carbocycles. The number of rotatable bonds is 7. The molecule has 0 saturated carbocycles. The standard InChI is InChI=1S/C38H36NO.C17H21FNSi.Ir/c1-25-17-36-34(22-33(25)35-20-31(23-38(3,4)5)26(2)24-39(35)6)32-16-15-30(21-37(32)40-36)29-14-10-13-28(19-29)18-27-11-8-7-9-12-27;1-12-7-8-14(18)10-15(12)16-9-13(2)17(11-19(16)3)20(4,5)6;/h7-17,19-22,24H,1,6,18,23H2,2-5H3;7-11H,1,3H2,2,4-6H3;/q2*-1;. The number of aromatic nitrogens is 2. The van der Waals surface area contributed by atoms with Crippen LogP contribution in [0.2, 0.25) is 19.6 Å². The van der Waals surface area contributed by atoms with E-state index in [4.69, 9.17) is 4.42 Å². The average Bonchev–Trinajstić information content (AvgIpc) is 3.53. The maximum atomic E-state index is 13.5. The molecule has 0 N–H and O–H groups in total. The van der Waals surface area contributed by atoms with Crippen LogP contribution in [0.3, 0.4) is 0 Å². The number of halogens is 1. The summed E-state index contributed by atoms with van der Waals surface area (Å²) in [6, 6.07) is 39.2. The molecule has 3 heterocycles. The zero-order valence-electron chi connectivity index (χ0n) is 36.9. The van der Waals surface area contributed by atoms with E-state index in [0.717, 1.165) is 74.0 Å². The summed E-state index contributed by atoms with van der Waals surface area (Å²) in [6.07, 6.45) is 6.14. The van der Waals surface area contributed by atoms with Gasteiger partial charge in [-0.15, -0.1) is 23.3 Å². The molecule has 0 aliphatic rings. The quantitative estimate of drug-likeness (QED) is 0.0885. The molecule has 3 nitrogen and oxygen atoms in total. The van der Waals surface area contributed by atoms with Crippen LogP contribution >= 0.6 is 0 Å². The van der Waals surface area contributed by atoms with Crippen molar-refractivity contribution in [3.05, 3.63) is 200 Å². The molecule has 0 amide bonds. The summed E-state index contributed by atoms with van der Waals surface area (Å²) in [7, 11) is 6.97. The van der Waals surface area contributed by atoms with E-state index in [1.165, 1.54) is 50.7 Å². The van der Waals surface area contributed by atoms with Crippen LogP contribution in [0.1, 0.15) is 59.7 Å². The van der Waals surface area contributed by atoms with Gasteiger partial charge in [0, 0.05) is 45.0 Å². The molecule has 0 spiro atoms. The first-order chi connectivity index (χ1) is 28.3. The molecule has 0 unspecified atom stereocenters. The summed E-state index contributed by atoms with van der Waals surface area (Å²) in [5.74, 6) is -0.251. The molecule has 8 rings (SSSR count). The van der Waals surface area contributed by atoms with Crippen LogP contribution in [0.4, 0.5) is 4.39 Å². The Morgan fingerprint density at radius 3 is 1.97 bits per heavy atom. The number of hydrogen-bond acceptors (Lipinski definition) is 1. The van der Waals surface area contributed by atoms with Crippen LogP contribution in [0.15, 0.2) is 132 Å². The zero-order chi connectivity index (χ0) is 43.1. The Labute approximate surface area is 377 Å². The molecule has 8 aromatic rings. The number of nitrogens with zero attached hydrogens (tertiary/aromatic N) is 2. The van der Waals surface area contributed by atoms with Gasteiger partial charge in [-0.1, -0.05) is 142 Å². The predicted octanol–water partition coefficient (Wildman–Crippen LogP) is 13.0. The van der Waals surface area contributed by atoms with Crippen molar-refractivity contribution in [2.24, 2.45) is 5.41 Å². The molecular formula is C55H57FIrN2OSi-2. The second kappa shape index (κ2) is 17.8. The molecule has 5 aromatic carbocycles. The van der Waals surface area contributed by atoms with Crippen molar-refractivity contribution >= 4 is 35.2 Å². The molecule has 6 heteroatoms. The van der Waals surface area contributed by atoms with Crippen molar-refractivity contribution in [1.29, 1.82) is 0 Å².